The van der Waals surface area contributed by atoms with E-state index in [-0.39, 0.29) is 24.5 Å². The molecule has 178 valence electrons. The van der Waals surface area contributed by atoms with E-state index < -0.39 is 11.5 Å². The van der Waals surface area contributed by atoms with Gasteiger partial charge < -0.3 is 14.2 Å². The molecule has 1 aliphatic carbocycles. The van der Waals surface area contributed by atoms with Gasteiger partial charge in [0.15, 0.2) is 5.78 Å². The Morgan fingerprint density at radius 1 is 1.12 bits per heavy atom. The molecule has 0 spiro atoms. The third kappa shape index (κ3) is 5.92. The summed E-state index contributed by atoms with van der Waals surface area (Å²) in [5.74, 6) is -0.670. The van der Waals surface area contributed by atoms with Crippen molar-refractivity contribution >= 4 is 23.1 Å². The Bertz CT molecular complexity index is 915. The van der Waals surface area contributed by atoms with Crippen LogP contribution in [-0.2, 0) is 36.8 Å². The maximum absolute atomic E-state index is 13.5. The fourth-order valence-corrected chi connectivity index (χ4v) is 6.28. The van der Waals surface area contributed by atoms with Crippen LogP contribution in [-0.4, -0.2) is 31.3 Å². The lowest BCUT2D eigenvalue weighted by Crippen LogP contribution is -2.49. The summed E-state index contributed by atoms with van der Waals surface area (Å²) >= 11 is 1.63. The molecule has 2 fully saturated rings. The number of hydrogen-bond donors (Lipinski definition) is 0. The summed E-state index contributed by atoms with van der Waals surface area (Å²) in [6.07, 6.45) is 5.52. The highest BCUT2D eigenvalue weighted by Crippen LogP contribution is 2.51. The number of methoxy groups -OCH3 is 1. The van der Waals surface area contributed by atoms with E-state index in [2.05, 4.69) is 25.1 Å². The quantitative estimate of drug-likeness (QED) is 0.173. The predicted molar refractivity (Wildman–Crippen MR) is 128 cm³/mol. The van der Waals surface area contributed by atoms with E-state index in [4.69, 9.17) is 14.2 Å². The number of cyclic esters (lactones) is 1. The molecule has 2 heterocycles. The van der Waals surface area contributed by atoms with Crippen molar-refractivity contribution in [2.75, 3.05) is 13.9 Å². The van der Waals surface area contributed by atoms with Gasteiger partial charge in [-0.2, -0.15) is 0 Å². The molecule has 3 atom stereocenters. The topological polar surface area (TPSA) is 61.8 Å². The molecular weight excluding hydrogens is 436 g/mol. The predicted octanol–water partition coefficient (Wildman–Crippen LogP) is 5.67. The zero-order valence-electron chi connectivity index (χ0n) is 19.6. The normalized spacial score (nSPS) is 24.0. The number of ketones is 1. The molecule has 0 amide bonds. The third-order valence-corrected chi connectivity index (χ3v) is 7.94. The van der Waals surface area contributed by atoms with E-state index in [1.807, 2.05) is 24.3 Å². The Morgan fingerprint density at radius 3 is 2.58 bits per heavy atom. The van der Waals surface area contributed by atoms with Crippen LogP contribution >= 0.6 is 11.3 Å². The van der Waals surface area contributed by atoms with Crippen LogP contribution < -0.4 is 0 Å². The zero-order chi connectivity index (χ0) is 23.3. The van der Waals surface area contributed by atoms with Gasteiger partial charge in [-0.05, 0) is 55.7 Å². The Kier molecular flexibility index (Phi) is 7.99. The summed E-state index contributed by atoms with van der Waals surface area (Å²) in [5.41, 5.74) is 0.522. The molecule has 5 nitrogen and oxygen atoms in total. The first kappa shape index (κ1) is 24.1. The summed E-state index contributed by atoms with van der Waals surface area (Å²) < 4.78 is 16.6. The molecule has 2 aromatic rings. The van der Waals surface area contributed by atoms with Crippen molar-refractivity contribution in [3.8, 4) is 0 Å². The molecule has 6 heteroatoms. The molecule has 1 aromatic heterocycles. The lowest BCUT2D eigenvalue weighted by Gasteiger charge is -2.40. The standard InChI is InChI=1S/C27H34O5S/c1-3-14-27(15-13-19-7-5-4-6-8-19)16-22(28)25(26(29)32-27)24(20-9-10-20)23-12-11-21(33-23)17-31-18-30-2/h4-8,11-12,20,24-25H,3,9-10,13-18H2,1-2H3. The highest BCUT2D eigenvalue weighted by Gasteiger charge is 2.52. The monoisotopic (exact) mass is 470 g/mol. The minimum Gasteiger partial charge on any atom is -0.458 e. The molecule has 0 N–H and O–H groups in total. The van der Waals surface area contributed by atoms with Crippen LogP contribution in [0.2, 0.25) is 0 Å². The molecule has 0 bridgehead atoms. The van der Waals surface area contributed by atoms with Crippen molar-refractivity contribution in [3.63, 3.8) is 0 Å². The van der Waals surface area contributed by atoms with Crippen molar-refractivity contribution in [1.29, 1.82) is 0 Å². The van der Waals surface area contributed by atoms with Gasteiger partial charge in [-0.25, -0.2) is 0 Å². The van der Waals surface area contributed by atoms with Gasteiger partial charge in [-0.3, -0.25) is 9.59 Å². The van der Waals surface area contributed by atoms with E-state index in [1.54, 1.807) is 18.4 Å². The van der Waals surface area contributed by atoms with Crippen molar-refractivity contribution < 1.29 is 23.8 Å². The Labute approximate surface area is 200 Å². The minimum atomic E-state index is -0.689. The number of esters is 1. The van der Waals surface area contributed by atoms with Gasteiger partial charge in [-0.15, -0.1) is 11.3 Å². The van der Waals surface area contributed by atoms with Crippen LogP contribution in [0, 0.1) is 11.8 Å². The van der Waals surface area contributed by atoms with Crippen molar-refractivity contribution in [2.45, 2.75) is 70.0 Å². The first-order chi connectivity index (χ1) is 16.0. The van der Waals surface area contributed by atoms with Crippen LogP contribution in [0.1, 0.15) is 66.7 Å². The van der Waals surface area contributed by atoms with Gasteiger partial charge in [0.25, 0.3) is 0 Å². The molecule has 4 rings (SSSR count). The maximum atomic E-state index is 13.5. The van der Waals surface area contributed by atoms with Gasteiger partial charge >= 0.3 is 5.97 Å². The van der Waals surface area contributed by atoms with Gasteiger partial charge in [0.05, 0.1) is 6.61 Å². The molecule has 2 aliphatic rings. The molecule has 1 aromatic carbocycles. The van der Waals surface area contributed by atoms with E-state index in [0.29, 0.717) is 25.4 Å². The molecule has 1 aliphatic heterocycles. The molecular formula is C27H34O5S. The van der Waals surface area contributed by atoms with E-state index in [0.717, 1.165) is 41.9 Å². The van der Waals surface area contributed by atoms with Crippen LogP contribution in [0.15, 0.2) is 42.5 Å². The summed E-state index contributed by atoms with van der Waals surface area (Å²) in [6, 6.07) is 14.3. The number of hydrogen-bond acceptors (Lipinski definition) is 6. The molecule has 1 saturated carbocycles. The lowest BCUT2D eigenvalue weighted by atomic mass is 9.75. The highest BCUT2D eigenvalue weighted by molar-refractivity contribution is 7.12. The molecule has 3 unspecified atom stereocenters. The number of thiophene rings is 1. The minimum absolute atomic E-state index is 0.0512. The smallest absolute Gasteiger partial charge is 0.317 e. The Hall–Kier alpha value is -2.02. The van der Waals surface area contributed by atoms with E-state index in [1.165, 1.54) is 5.56 Å². The van der Waals surface area contributed by atoms with Crippen molar-refractivity contribution in [3.05, 3.63) is 57.8 Å². The van der Waals surface area contributed by atoms with Crippen molar-refractivity contribution in [2.24, 2.45) is 11.8 Å². The van der Waals surface area contributed by atoms with Gasteiger partial charge in [0.2, 0.25) is 0 Å². The lowest BCUT2D eigenvalue weighted by molar-refractivity contribution is -0.180. The number of rotatable bonds is 12. The number of carbonyl (C=O) groups excluding carboxylic acids is 2. The second kappa shape index (κ2) is 10.9. The van der Waals surface area contributed by atoms with Gasteiger partial charge in [0, 0.05) is 29.2 Å². The molecule has 33 heavy (non-hydrogen) atoms. The summed E-state index contributed by atoms with van der Waals surface area (Å²) in [5, 5.41) is 0. The largest absolute Gasteiger partial charge is 0.458 e. The summed E-state index contributed by atoms with van der Waals surface area (Å²) in [7, 11) is 1.60. The fourth-order valence-electron chi connectivity index (χ4n) is 5.10. The second-order valence-corrected chi connectivity index (χ2v) is 10.6. The van der Waals surface area contributed by atoms with Crippen LogP contribution in [0.3, 0.4) is 0 Å². The fraction of sp³-hybridized carbons (Fsp3) is 0.556. The number of carbonyl (C=O) groups is 2. The van der Waals surface area contributed by atoms with Crippen LogP contribution in [0.4, 0.5) is 0 Å². The van der Waals surface area contributed by atoms with Crippen LogP contribution in [0.25, 0.3) is 0 Å². The number of ether oxygens (including phenoxy) is 3. The molecule has 0 radical (unpaired) electrons. The average molecular weight is 471 g/mol. The average Bonchev–Trinajstić information content (AvgIpc) is 3.53. The van der Waals surface area contributed by atoms with Gasteiger partial charge in [-0.1, -0.05) is 43.7 Å². The highest BCUT2D eigenvalue weighted by atomic mass is 32.1. The summed E-state index contributed by atoms with van der Waals surface area (Å²) in [6.45, 7) is 2.80. The number of benzene rings is 1. The van der Waals surface area contributed by atoms with Gasteiger partial charge in [0.1, 0.15) is 18.3 Å². The second-order valence-electron chi connectivity index (χ2n) is 9.38. The Balaban J connectivity index is 1.49. The summed E-state index contributed by atoms with van der Waals surface area (Å²) in [4.78, 5) is 29.1. The molecule has 1 saturated heterocycles. The zero-order valence-corrected chi connectivity index (χ0v) is 20.4. The number of Topliss-reactive ketones (excluding diaryl/α,β-unsaturated/α-hetero) is 1. The van der Waals surface area contributed by atoms with E-state index >= 15 is 0 Å². The van der Waals surface area contributed by atoms with E-state index in [9.17, 15) is 9.59 Å². The first-order valence-electron chi connectivity index (χ1n) is 12.0. The maximum Gasteiger partial charge on any atom is 0.317 e. The van der Waals surface area contributed by atoms with Crippen molar-refractivity contribution in [1.82, 2.24) is 0 Å². The first-order valence-corrected chi connectivity index (χ1v) is 12.8. The van der Waals surface area contributed by atoms with Crippen LogP contribution in [0.5, 0.6) is 0 Å². The Morgan fingerprint density at radius 2 is 1.91 bits per heavy atom. The SMILES string of the molecule is CCCC1(CCc2ccccc2)CC(=O)C(C(c2ccc(COCOC)s2)C2CC2)C(=O)O1. The third-order valence-electron chi connectivity index (χ3n) is 6.78. The number of aryl methyl sites for hydroxylation is 1.